The number of aromatic nitrogens is 2. The summed E-state index contributed by atoms with van der Waals surface area (Å²) in [5.74, 6) is 0.942. The van der Waals surface area contributed by atoms with Crippen LogP contribution in [0.2, 0.25) is 0 Å². The normalized spacial score (nSPS) is 14.3. The van der Waals surface area contributed by atoms with Gasteiger partial charge in [0.15, 0.2) is 0 Å². The lowest BCUT2D eigenvalue weighted by Gasteiger charge is -2.18. The Morgan fingerprint density at radius 2 is 2.28 bits per heavy atom. The molecule has 0 aliphatic carbocycles. The number of benzene rings is 1. The van der Waals surface area contributed by atoms with Crippen molar-refractivity contribution in [2.75, 3.05) is 6.54 Å². The first-order valence-electron chi connectivity index (χ1n) is 6.25. The molecule has 4 heteroatoms. The summed E-state index contributed by atoms with van der Waals surface area (Å²) in [6, 6.07) is 8.33. The quantitative estimate of drug-likeness (QED) is 0.891. The maximum absolute atomic E-state index is 5.82. The summed E-state index contributed by atoms with van der Waals surface area (Å²) in [6.07, 6.45) is 2.87. The number of rotatable bonds is 3. The molecular formula is C14H17N3O. The molecular weight excluding hydrogens is 226 g/mol. The first-order chi connectivity index (χ1) is 8.83. The Morgan fingerprint density at radius 1 is 1.33 bits per heavy atom. The van der Waals surface area contributed by atoms with Crippen molar-refractivity contribution in [3.05, 3.63) is 47.3 Å². The molecule has 0 saturated carbocycles. The molecule has 0 unspecified atom stereocenters. The molecule has 0 fully saturated rings. The first-order valence-corrected chi connectivity index (χ1v) is 6.25. The molecule has 0 spiro atoms. The molecule has 3 rings (SSSR count). The summed E-state index contributed by atoms with van der Waals surface area (Å²) in [7, 11) is 1.93. The SMILES string of the molecule is Cn1nccc1COc1ccc2c(c1)CCNC2. The minimum Gasteiger partial charge on any atom is -0.487 e. The molecule has 0 amide bonds. The largest absolute Gasteiger partial charge is 0.487 e. The highest BCUT2D eigenvalue weighted by Gasteiger charge is 2.09. The highest BCUT2D eigenvalue weighted by atomic mass is 16.5. The van der Waals surface area contributed by atoms with E-state index in [1.807, 2.05) is 23.9 Å². The van der Waals surface area contributed by atoms with Gasteiger partial charge in [0.05, 0.1) is 5.69 Å². The molecule has 0 atom stereocenters. The second kappa shape index (κ2) is 4.82. The molecule has 1 aromatic heterocycles. The number of hydrogen-bond acceptors (Lipinski definition) is 3. The van der Waals surface area contributed by atoms with Crippen LogP contribution in [0.4, 0.5) is 0 Å². The predicted molar refractivity (Wildman–Crippen MR) is 69.4 cm³/mol. The molecule has 94 valence electrons. The summed E-state index contributed by atoms with van der Waals surface area (Å²) >= 11 is 0. The molecule has 1 aliphatic heterocycles. The number of aryl methyl sites for hydroxylation is 1. The van der Waals surface area contributed by atoms with Crippen LogP contribution in [-0.4, -0.2) is 16.3 Å². The van der Waals surface area contributed by atoms with Gasteiger partial charge in [-0.25, -0.2) is 0 Å². The molecule has 0 bridgehead atoms. The van der Waals surface area contributed by atoms with Crippen LogP contribution in [0.25, 0.3) is 0 Å². The lowest BCUT2D eigenvalue weighted by molar-refractivity contribution is 0.294. The van der Waals surface area contributed by atoms with Gasteiger partial charge in [-0.15, -0.1) is 0 Å². The Hall–Kier alpha value is -1.81. The van der Waals surface area contributed by atoms with E-state index in [0.29, 0.717) is 6.61 Å². The zero-order chi connectivity index (χ0) is 12.4. The van der Waals surface area contributed by atoms with E-state index in [4.69, 9.17) is 4.74 Å². The molecule has 4 nitrogen and oxygen atoms in total. The van der Waals surface area contributed by atoms with Gasteiger partial charge < -0.3 is 10.1 Å². The van der Waals surface area contributed by atoms with Crippen LogP contribution in [0.5, 0.6) is 5.75 Å². The third-order valence-corrected chi connectivity index (χ3v) is 3.37. The zero-order valence-corrected chi connectivity index (χ0v) is 10.5. The van der Waals surface area contributed by atoms with E-state index < -0.39 is 0 Å². The fourth-order valence-corrected chi connectivity index (χ4v) is 2.24. The summed E-state index contributed by atoms with van der Waals surface area (Å²) in [6.45, 7) is 2.59. The van der Waals surface area contributed by atoms with E-state index in [-0.39, 0.29) is 0 Å². The summed E-state index contributed by atoms with van der Waals surface area (Å²) in [4.78, 5) is 0. The van der Waals surface area contributed by atoms with E-state index in [0.717, 1.165) is 31.0 Å². The van der Waals surface area contributed by atoms with Crippen LogP contribution >= 0.6 is 0 Å². The lowest BCUT2D eigenvalue weighted by atomic mass is 10.0. The van der Waals surface area contributed by atoms with Crippen LogP contribution < -0.4 is 10.1 Å². The van der Waals surface area contributed by atoms with E-state index in [9.17, 15) is 0 Å². The van der Waals surface area contributed by atoms with Gasteiger partial charge in [-0.1, -0.05) is 6.07 Å². The molecule has 2 heterocycles. The Morgan fingerprint density at radius 3 is 3.11 bits per heavy atom. The maximum atomic E-state index is 5.82. The molecule has 1 N–H and O–H groups in total. The molecule has 18 heavy (non-hydrogen) atoms. The van der Waals surface area contributed by atoms with Gasteiger partial charge in [0.25, 0.3) is 0 Å². The number of fused-ring (bicyclic) bond motifs is 1. The van der Waals surface area contributed by atoms with E-state index >= 15 is 0 Å². The van der Waals surface area contributed by atoms with Gasteiger partial charge in [-0.3, -0.25) is 4.68 Å². The number of hydrogen-bond donors (Lipinski definition) is 1. The highest BCUT2D eigenvalue weighted by Crippen LogP contribution is 2.21. The van der Waals surface area contributed by atoms with Crippen molar-refractivity contribution in [2.24, 2.45) is 7.05 Å². The van der Waals surface area contributed by atoms with Crippen molar-refractivity contribution in [2.45, 2.75) is 19.6 Å². The Labute approximate surface area is 107 Å². The maximum Gasteiger partial charge on any atom is 0.130 e. The highest BCUT2D eigenvalue weighted by molar-refractivity contribution is 5.37. The zero-order valence-electron chi connectivity index (χ0n) is 10.5. The van der Waals surface area contributed by atoms with Crippen LogP contribution in [0.1, 0.15) is 16.8 Å². The Balaban J connectivity index is 1.71. The number of nitrogens with one attached hydrogen (secondary N) is 1. The van der Waals surface area contributed by atoms with Gasteiger partial charge in [0.1, 0.15) is 12.4 Å². The summed E-state index contributed by atoms with van der Waals surface area (Å²) in [5, 5.41) is 7.50. The van der Waals surface area contributed by atoms with E-state index in [2.05, 4.69) is 22.5 Å². The van der Waals surface area contributed by atoms with Crippen LogP contribution in [0, 0.1) is 0 Å². The smallest absolute Gasteiger partial charge is 0.130 e. The van der Waals surface area contributed by atoms with Crippen molar-refractivity contribution in [3.8, 4) is 5.75 Å². The fourth-order valence-electron chi connectivity index (χ4n) is 2.24. The Bertz CT molecular complexity index is 548. The van der Waals surface area contributed by atoms with Crippen LogP contribution in [0.3, 0.4) is 0 Å². The fraction of sp³-hybridized carbons (Fsp3) is 0.357. The van der Waals surface area contributed by atoms with Crippen molar-refractivity contribution < 1.29 is 4.74 Å². The van der Waals surface area contributed by atoms with Gasteiger partial charge in [0, 0.05) is 19.8 Å². The monoisotopic (exact) mass is 243 g/mol. The van der Waals surface area contributed by atoms with E-state index in [1.54, 1.807) is 6.20 Å². The summed E-state index contributed by atoms with van der Waals surface area (Å²) in [5.41, 5.74) is 3.86. The van der Waals surface area contributed by atoms with Crippen molar-refractivity contribution >= 4 is 0 Å². The number of nitrogens with zero attached hydrogens (tertiary/aromatic N) is 2. The van der Waals surface area contributed by atoms with Crippen molar-refractivity contribution in [1.29, 1.82) is 0 Å². The Kier molecular flexibility index (Phi) is 3.02. The minimum absolute atomic E-state index is 0.563. The topological polar surface area (TPSA) is 39.1 Å². The van der Waals surface area contributed by atoms with Gasteiger partial charge in [-0.05, 0) is 42.3 Å². The second-order valence-electron chi connectivity index (χ2n) is 4.59. The average molecular weight is 243 g/mol. The lowest BCUT2D eigenvalue weighted by Crippen LogP contribution is -2.23. The van der Waals surface area contributed by atoms with Gasteiger partial charge in [0.2, 0.25) is 0 Å². The molecule has 1 aromatic carbocycles. The molecule has 2 aromatic rings. The second-order valence-corrected chi connectivity index (χ2v) is 4.59. The average Bonchev–Trinajstić information content (AvgIpc) is 2.82. The first kappa shape index (κ1) is 11.3. The van der Waals surface area contributed by atoms with Gasteiger partial charge >= 0.3 is 0 Å². The van der Waals surface area contributed by atoms with Gasteiger partial charge in [-0.2, -0.15) is 5.10 Å². The minimum atomic E-state index is 0.563. The third kappa shape index (κ3) is 2.24. The van der Waals surface area contributed by atoms with Crippen LogP contribution in [-0.2, 0) is 26.6 Å². The predicted octanol–water partition coefficient (Wildman–Crippen LogP) is 1.64. The summed E-state index contributed by atoms with van der Waals surface area (Å²) < 4.78 is 7.65. The molecule has 0 saturated heterocycles. The van der Waals surface area contributed by atoms with Crippen LogP contribution in [0.15, 0.2) is 30.5 Å². The molecule has 0 radical (unpaired) electrons. The van der Waals surface area contributed by atoms with Crippen molar-refractivity contribution in [3.63, 3.8) is 0 Å². The third-order valence-electron chi connectivity index (χ3n) is 3.37. The van der Waals surface area contributed by atoms with E-state index in [1.165, 1.54) is 11.1 Å². The molecule has 1 aliphatic rings. The van der Waals surface area contributed by atoms with Crippen molar-refractivity contribution in [1.82, 2.24) is 15.1 Å². The number of ether oxygens (including phenoxy) is 1. The standard InChI is InChI=1S/C14H17N3O/c1-17-13(5-7-16-17)10-18-14-3-2-12-9-15-6-4-11(12)8-14/h2-3,5,7-8,15H,4,6,9-10H2,1H3.